The van der Waals surface area contributed by atoms with E-state index in [0.29, 0.717) is 23.3 Å². The second-order valence-corrected chi connectivity index (χ2v) is 7.11. The standard InChI is InChI=1S/C17H22Cl2F6N2O/c1-2-28-15(26)12(4-3-7-18)13-8-11(5-6-14(13)19)27(9-16(20,21)22)10-17(23,24)25/h5-6,11-12,26H,2-4,7-10H2,1H3. The first-order valence-electron chi connectivity index (χ1n) is 8.59. The van der Waals surface area contributed by atoms with Crippen LogP contribution in [0.1, 0.15) is 26.2 Å². The Morgan fingerprint density at radius 2 is 1.82 bits per heavy atom. The summed E-state index contributed by atoms with van der Waals surface area (Å²) in [5, 5.41) is 8.25. The topological polar surface area (TPSA) is 36.3 Å². The first kappa shape index (κ1) is 25.1. The third-order valence-electron chi connectivity index (χ3n) is 4.10. The molecule has 0 fully saturated rings. The zero-order valence-electron chi connectivity index (χ0n) is 15.1. The molecule has 1 aliphatic rings. The van der Waals surface area contributed by atoms with E-state index in [1.54, 1.807) is 6.92 Å². The Bertz CT molecular complexity index is 573. The fourth-order valence-corrected chi connectivity index (χ4v) is 3.44. The van der Waals surface area contributed by atoms with E-state index in [0.717, 1.165) is 0 Å². The number of nitrogens with zero attached hydrogens (tertiary/aromatic N) is 1. The lowest BCUT2D eigenvalue weighted by Crippen LogP contribution is -2.46. The minimum absolute atomic E-state index is 0.131. The first-order chi connectivity index (χ1) is 12.9. The van der Waals surface area contributed by atoms with Crippen molar-refractivity contribution in [1.29, 1.82) is 5.41 Å². The van der Waals surface area contributed by atoms with E-state index in [9.17, 15) is 26.3 Å². The Morgan fingerprint density at radius 1 is 1.25 bits per heavy atom. The summed E-state index contributed by atoms with van der Waals surface area (Å²) in [5.41, 5.74) is 0.382. The van der Waals surface area contributed by atoms with Crippen LogP contribution >= 0.6 is 23.2 Å². The number of allylic oxidation sites excluding steroid dienone is 2. The molecule has 0 aromatic heterocycles. The second kappa shape index (κ2) is 10.7. The minimum atomic E-state index is -4.79. The van der Waals surface area contributed by atoms with Gasteiger partial charge in [0, 0.05) is 17.0 Å². The number of rotatable bonds is 9. The molecule has 0 bridgehead atoms. The smallest absolute Gasteiger partial charge is 0.401 e. The second-order valence-electron chi connectivity index (χ2n) is 6.32. The van der Waals surface area contributed by atoms with Gasteiger partial charge >= 0.3 is 12.4 Å². The van der Waals surface area contributed by atoms with Crippen molar-refractivity contribution in [2.75, 3.05) is 25.6 Å². The molecule has 1 rings (SSSR count). The summed E-state index contributed by atoms with van der Waals surface area (Å²) in [7, 11) is 0. The van der Waals surface area contributed by atoms with Gasteiger partial charge in [-0.25, -0.2) is 0 Å². The quantitative estimate of drug-likeness (QED) is 0.204. The van der Waals surface area contributed by atoms with Crippen LogP contribution in [0.3, 0.4) is 0 Å². The van der Waals surface area contributed by atoms with Crippen molar-refractivity contribution >= 4 is 29.1 Å². The van der Waals surface area contributed by atoms with Gasteiger partial charge in [-0.15, -0.1) is 11.6 Å². The maximum atomic E-state index is 12.8. The van der Waals surface area contributed by atoms with E-state index in [4.69, 9.17) is 33.3 Å². The van der Waals surface area contributed by atoms with Crippen LogP contribution in [0.5, 0.6) is 0 Å². The first-order valence-corrected chi connectivity index (χ1v) is 9.50. The van der Waals surface area contributed by atoms with Gasteiger partial charge in [-0.2, -0.15) is 26.3 Å². The van der Waals surface area contributed by atoms with Crippen LogP contribution in [0.25, 0.3) is 0 Å². The summed E-state index contributed by atoms with van der Waals surface area (Å²) < 4.78 is 82.2. The molecule has 0 heterocycles. The van der Waals surface area contributed by atoms with Gasteiger partial charge in [0.1, 0.15) is 0 Å². The monoisotopic (exact) mass is 454 g/mol. The van der Waals surface area contributed by atoms with Gasteiger partial charge in [0.05, 0.1) is 25.6 Å². The lowest BCUT2D eigenvalue weighted by molar-refractivity contribution is -0.184. The van der Waals surface area contributed by atoms with Gasteiger partial charge in [0.2, 0.25) is 0 Å². The van der Waals surface area contributed by atoms with Gasteiger partial charge in [-0.3, -0.25) is 10.3 Å². The number of nitrogens with one attached hydrogen (secondary N) is 1. The van der Waals surface area contributed by atoms with Gasteiger partial charge in [0.15, 0.2) is 5.90 Å². The number of hydrogen-bond donors (Lipinski definition) is 1. The van der Waals surface area contributed by atoms with Gasteiger partial charge < -0.3 is 4.74 Å². The van der Waals surface area contributed by atoms with E-state index in [1.807, 2.05) is 0 Å². The number of alkyl halides is 7. The molecule has 3 nitrogen and oxygen atoms in total. The maximum Gasteiger partial charge on any atom is 0.401 e. The van der Waals surface area contributed by atoms with Crippen molar-refractivity contribution in [2.45, 2.75) is 44.6 Å². The van der Waals surface area contributed by atoms with E-state index in [1.165, 1.54) is 12.2 Å². The molecule has 2 unspecified atom stereocenters. The largest absolute Gasteiger partial charge is 0.481 e. The molecule has 0 saturated heterocycles. The fraction of sp³-hybridized carbons (Fsp3) is 0.706. The maximum absolute atomic E-state index is 12.8. The summed E-state index contributed by atoms with van der Waals surface area (Å²) in [4.78, 5) is 0.322. The van der Waals surface area contributed by atoms with Gasteiger partial charge in [0.25, 0.3) is 0 Å². The van der Waals surface area contributed by atoms with Crippen LogP contribution in [-0.4, -0.2) is 54.8 Å². The van der Waals surface area contributed by atoms with Gasteiger partial charge in [-0.1, -0.05) is 17.7 Å². The molecular formula is C17H22Cl2F6N2O. The summed E-state index contributed by atoms with van der Waals surface area (Å²) >= 11 is 11.9. The molecule has 0 aliphatic heterocycles. The molecule has 28 heavy (non-hydrogen) atoms. The van der Waals surface area contributed by atoms with Crippen molar-refractivity contribution in [3.8, 4) is 0 Å². The summed E-state index contributed by atoms with van der Waals surface area (Å²) in [5.74, 6) is -0.501. The number of ether oxygens (including phenoxy) is 1. The Morgan fingerprint density at radius 3 is 2.29 bits per heavy atom. The molecule has 0 amide bonds. The average molecular weight is 455 g/mol. The van der Waals surface area contributed by atoms with E-state index < -0.39 is 37.4 Å². The Labute approximate surface area is 169 Å². The van der Waals surface area contributed by atoms with Crippen molar-refractivity contribution in [3.63, 3.8) is 0 Å². The highest BCUT2D eigenvalue weighted by Crippen LogP contribution is 2.35. The highest BCUT2D eigenvalue weighted by atomic mass is 35.5. The summed E-state index contributed by atoms with van der Waals surface area (Å²) in [6, 6.07) is -1.16. The Kier molecular flexibility index (Phi) is 9.62. The molecule has 0 aromatic rings. The van der Waals surface area contributed by atoms with Crippen molar-refractivity contribution in [1.82, 2.24) is 4.90 Å². The Balaban J connectivity index is 3.12. The number of hydrogen-bond acceptors (Lipinski definition) is 3. The molecule has 11 heteroatoms. The van der Waals surface area contributed by atoms with Crippen molar-refractivity contribution in [3.05, 3.63) is 22.8 Å². The van der Waals surface area contributed by atoms with Crippen LogP contribution in [-0.2, 0) is 4.74 Å². The highest BCUT2D eigenvalue weighted by molar-refractivity contribution is 6.31. The summed E-state index contributed by atoms with van der Waals surface area (Å²) in [6.07, 6.45) is -6.39. The highest BCUT2D eigenvalue weighted by Gasteiger charge is 2.41. The molecule has 1 aliphatic carbocycles. The lowest BCUT2D eigenvalue weighted by atomic mass is 9.86. The van der Waals surface area contributed by atoms with E-state index >= 15 is 0 Å². The molecule has 0 aromatic carbocycles. The predicted molar refractivity (Wildman–Crippen MR) is 96.9 cm³/mol. The molecule has 0 radical (unpaired) electrons. The normalized spacial score (nSPS) is 19.3. The zero-order chi connectivity index (χ0) is 21.5. The minimum Gasteiger partial charge on any atom is -0.481 e. The Hall–Kier alpha value is -0.930. The van der Waals surface area contributed by atoms with E-state index in [-0.39, 0.29) is 29.8 Å². The molecule has 0 saturated carbocycles. The molecule has 2 atom stereocenters. The van der Waals surface area contributed by atoms with Crippen LogP contribution in [0.15, 0.2) is 22.8 Å². The van der Waals surface area contributed by atoms with Crippen LogP contribution < -0.4 is 0 Å². The molecular weight excluding hydrogens is 433 g/mol. The van der Waals surface area contributed by atoms with Crippen LogP contribution in [0.4, 0.5) is 26.3 Å². The SMILES string of the molecule is CCOC(=N)C(CCCCl)C1=C(Cl)C=CC(N(CC(F)(F)F)CC(F)(F)F)C1. The molecule has 162 valence electrons. The van der Waals surface area contributed by atoms with Crippen molar-refractivity contribution in [2.24, 2.45) is 5.92 Å². The third kappa shape index (κ3) is 8.61. The van der Waals surface area contributed by atoms with Crippen LogP contribution in [0.2, 0.25) is 0 Å². The van der Waals surface area contributed by atoms with Crippen molar-refractivity contribution < 1.29 is 31.1 Å². The zero-order valence-corrected chi connectivity index (χ0v) is 16.7. The van der Waals surface area contributed by atoms with Gasteiger partial charge in [-0.05, 0) is 37.8 Å². The predicted octanol–water partition coefficient (Wildman–Crippen LogP) is 5.88. The average Bonchev–Trinajstić information content (AvgIpc) is 2.53. The molecule has 1 N–H and O–H groups in total. The fourth-order valence-electron chi connectivity index (χ4n) is 3.00. The van der Waals surface area contributed by atoms with E-state index in [2.05, 4.69) is 0 Å². The summed E-state index contributed by atoms with van der Waals surface area (Å²) in [6.45, 7) is -1.54. The lowest BCUT2D eigenvalue weighted by Gasteiger charge is -2.35. The number of halogens is 8. The van der Waals surface area contributed by atoms with Crippen LogP contribution in [0, 0.1) is 11.3 Å². The third-order valence-corrected chi connectivity index (χ3v) is 4.73. The molecule has 0 spiro atoms.